The number of carbonyl (C=O) groups is 1. The maximum atomic E-state index is 12.7. The van der Waals surface area contributed by atoms with E-state index in [2.05, 4.69) is 9.84 Å². The minimum atomic E-state index is -2.97. The van der Waals surface area contributed by atoms with Crippen LogP contribution in [-0.4, -0.2) is 41.4 Å². The van der Waals surface area contributed by atoms with Crippen LogP contribution in [0, 0.1) is 0 Å². The predicted molar refractivity (Wildman–Crippen MR) is 99.0 cm³/mol. The Morgan fingerprint density at radius 3 is 2.61 bits per heavy atom. The standard InChI is InChI=1S/C20H19F2N3O3/c1-24(12-14-11-23-25(13-14)16-6-4-3-5-7-16)19(26)15-8-9-17(28-20(21)22)18(10-15)27-2/h3-11,13,20H,12H2,1-2H3. The predicted octanol–water partition coefficient (Wildman–Crippen LogP) is 3.75. The zero-order chi connectivity index (χ0) is 20.1. The van der Waals surface area contributed by atoms with Crippen LogP contribution < -0.4 is 9.47 Å². The molecule has 28 heavy (non-hydrogen) atoms. The van der Waals surface area contributed by atoms with Gasteiger partial charge in [-0.25, -0.2) is 4.68 Å². The average Bonchev–Trinajstić information content (AvgIpc) is 3.16. The first-order chi connectivity index (χ1) is 13.5. The minimum absolute atomic E-state index is 0.0662. The number of para-hydroxylation sites is 1. The molecule has 8 heteroatoms. The number of benzene rings is 2. The summed E-state index contributed by atoms with van der Waals surface area (Å²) >= 11 is 0. The quantitative estimate of drug-likeness (QED) is 0.620. The Hall–Kier alpha value is -3.42. The van der Waals surface area contributed by atoms with Crippen LogP contribution in [-0.2, 0) is 6.54 Å². The summed E-state index contributed by atoms with van der Waals surface area (Å²) in [4.78, 5) is 14.2. The number of aromatic nitrogens is 2. The van der Waals surface area contributed by atoms with E-state index in [0.29, 0.717) is 12.1 Å². The van der Waals surface area contributed by atoms with Crippen LogP contribution in [0.1, 0.15) is 15.9 Å². The van der Waals surface area contributed by atoms with Gasteiger partial charge in [0.25, 0.3) is 5.91 Å². The SMILES string of the molecule is COc1cc(C(=O)N(C)Cc2cnn(-c3ccccc3)c2)ccc1OC(F)F. The first kappa shape index (κ1) is 19.3. The Balaban J connectivity index is 1.72. The molecular formula is C20H19F2N3O3. The number of rotatable bonds is 7. The molecule has 0 atom stereocenters. The molecule has 0 unspecified atom stereocenters. The summed E-state index contributed by atoms with van der Waals surface area (Å²) in [7, 11) is 2.97. The van der Waals surface area contributed by atoms with Gasteiger partial charge in [0.2, 0.25) is 0 Å². The van der Waals surface area contributed by atoms with Gasteiger partial charge in [-0.3, -0.25) is 4.79 Å². The molecule has 1 amide bonds. The fourth-order valence-corrected chi connectivity index (χ4v) is 2.72. The molecule has 0 saturated carbocycles. The Morgan fingerprint density at radius 1 is 1.18 bits per heavy atom. The number of carbonyl (C=O) groups excluding carboxylic acids is 1. The molecular weight excluding hydrogens is 368 g/mol. The van der Waals surface area contributed by atoms with E-state index in [4.69, 9.17) is 4.74 Å². The van der Waals surface area contributed by atoms with Crippen molar-refractivity contribution in [2.45, 2.75) is 13.2 Å². The Bertz CT molecular complexity index is 945. The van der Waals surface area contributed by atoms with Gasteiger partial charge in [0, 0.05) is 30.9 Å². The lowest BCUT2D eigenvalue weighted by atomic mass is 10.1. The molecule has 0 saturated heterocycles. The van der Waals surface area contributed by atoms with E-state index >= 15 is 0 Å². The highest BCUT2D eigenvalue weighted by Gasteiger charge is 2.17. The van der Waals surface area contributed by atoms with E-state index in [1.807, 2.05) is 36.5 Å². The monoisotopic (exact) mass is 387 g/mol. The number of hydrogen-bond donors (Lipinski definition) is 0. The third kappa shape index (κ3) is 4.46. The van der Waals surface area contributed by atoms with Gasteiger partial charge in [-0.15, -0.1) is 0 Å². The topological polar surface area (TPSA) is 56.6 Å². The lowest BCUT2D eigenvalue weighted by molar-refractivity contribution is -0.0512. The molecule has 0 N–H and O–H groups in total. The molecule has 0 radical (unpaired) electrons. The van der Waals surface area contributed by atoms with Crippen LogP contribution >= 0.6 is 0 Å². The van der Waals surface area contributed by atoms with Crippen molar-refractivity contribution in [2.24, 2.45) is 0 Å². The second kappa shape index (κ2) is 8.51. The van der Waals surface area contributed by atoms with Gasteiger partial charge >= 0.3 is 6.61 Å². The van der Waals surface area contributed by atoms with Gasteiger partial charge in [-0.1, -0.05) is 18.2 Å². The summed E-state index contributed by atoms with van der Waals surface area (Å²) in [6.07, 6.45) is 3.54. The maximum absolute atomic E-state index is 12.7. The number of halogens is 2. The third-order valence-corrected chi connectivity index (χ3v) is 4.05. The fraction of sp³-hybridized carbons (Fsp3) is 0.200. The number of nitrogens with zero attached hydrogens (tertiary/aromatic N) is 3. The molecule has 3 rings (SSSR count). The average molecular weight is 387 g/mol. The molecule has 0 aliphatic heterocycles. The summed E-state index contributed by atoms with van der Waals surface area (Å²) < 4.78 is 36.0. The first-order valence-electron chi connectivity index (χ1n) is 8.45. The lowest BCUT2D eigenvalue weighted by Crippen LogP contribution is -2.26. The fourth-order valence-electron chi connectivity index (χ4n) is 2.72. The zero-order valence-corrected chi connectivity index (χ0v) is 15.4. The van der Waals surface area contributed by atoms with Crippen LogP contribution in [0.4, 0.5) is 8.78 Å². The molecule has 146 valence electrons. The largest absolute Gasteiger partial charge is 0.493 e. The molecule has 0 spiro atoms. The van der Waals surface area contributed by atoms with Crippen molar-refractivity contribution >= 4 is 5.91 Å². The van der Waals surface area contributed by atoms with Crippen molar-refractivity contribution in [3.8, 4) is 17.2 Å². The molecule has 2 aromatic carbocycles. The van der Waals surface area contributed by atoms with Crippen LogP contribution in [0.25, 0.3) is 5.69 Å². The van der Waals surface area contributed by atoms with E-state index in [1.165, 1.54) is 30.2 Å². The van der Waals surface area contributed by atoms with Crippen molar-refractivity contribution in [2.75, 3.05) is 14.2 Å². The molecule has 0 aliphatic rings. The lowest BCUT2D eigenvalue weighted by Gasteiger charge is -2.17. The summed E-state index contributed by atoms with van der Waals surface area (Å²) in [5.74, 6) is -0.341. The van der Waals surface area contributed by atoms with Crippen LogP contribution in [0.2, 0.25) is 0 Å². The number of hydrogen-bond acceptors (Lipinski definition) is 4. The van der Waals surface area contributed by atoms with Crippen molar-refractivity contribution < 1.29 is 23.0 Å². The maximum Gasteiger partial charge on any atom is 0.387 e. The van der Waals surface area contributed by atoms with Gasteiger partial charge in [0.05, 0.1) is 19.0 Å². The molecule has 6 nitrogen and oxygen atoms in total. The number of methoxy groups -OCH3 is 1. The van der Waals surface area contributed by atoms with E-state index in [1.54, 1.807) is 17.9 Å². The summed E-state index contributed by atoms with van der Waals surface area (Å²) in [5, 5.41) is 4.31. The smallest absolute Gasteiger partial charge is 0.387 e. The van der Waals surface area contributed by atoms with Gasteiger partial charge in [0.1, 0.15) is 0 Å². The summed E-state index contributed by atoms with van der Waals surface area (Å²) in [6.45, 7) is -2.64. The Labute approximate surface area is 160 Å². The van der Waals surface area contributed by atoms with Gasteiger partial charge < -0.3 is 14.4 Å². The van der Waals surface area contributed by atoms with E-state index in [0.717, 1.165) is 11.3 Å². The van der Waals surface area contributed by atoms with Crippen molar-refractivity contribution in [3.63, 3.8) is 0 Å². The van der Waals surface area contributed by atoms with Crippen molar-refractivity contribution in [1.29, 1.82) is 0 Å². The highest BCUT2D eigenvalue weighted by molar-refractivity contribution is 5.94. The second-order valence-electron chi connectivity index (χ2n) is 6.03. The van der Waals surface area contributed by atoms with E-state index in [-0.39, 0.29) is 17.4 Å². The normalized spacial score (nSPS) is 10.8. The molecule has 3 aromatic rings. The van der Waals surface area contributed by atoms with Crippen molar-refractivity contribution in [1.82, 2.24) is 14.7 Å². The van der Waals surface area contributed by atoms with E-state index in [9.17, 15) is 13.6 Å². The first-order valence-corrected chi connectivity index (χ1v) is 8.45. The van der Waals surface area contributed by atoms with E-state index < -0.39 is 6.61 Å². The van der Waals surface area contributed by atoms with Gasteiger partial charge in [-0.2, -0.15) is 13.9 Å². The zero-order valence-electron chi connectivity index (χ0n) is 15.4. The van der Waals surface area contributed by atoms with Crippen molar-refractivity contribution in [3.05, 3.63) is 72.1 Å². The highest BCUT2D eigenvalue weighted by Crippen LogP contribution is 2.30. The number of alkyl halides is 2. The number of ether oxygens (including phenoxy) is 2. The van der Waals surface area contributed by atoms with Crippen LogP contribution in [0.5, 0.6) is 11.5 Å². The Kier molecular flexibility index (Phi) is 5.88. The van der Waals surface area contributed by atoms with Crippen LogP contribution in [0.15, 0.2) is 60.9 Å². The number of amides is 1. The Morgan fingerprint density at radius 2 is 1.93 bits per heavy atom. The third-order valence-electron chi connectivity index (χ3n) is 4.05. The molecule has 1 aromatic heterocycles. The highest BCUT2D eigenvalue weighted by atomic mass is 19.3. The summed E-state index contributed by atoms with van der Waals surface area (Å²) in [6, 6.07) is 13.7. The second-order valence-corrected chi connectivity index (χ2v) is 6.03. The molecule has 0 bridgehead atoms. The molecule has 1 heterocycles. The van der Waals surface area contributed by atoms with Crippen LogP contribution in [0.3, 0.4) is 0 Å². The minimum Gasteiger partial charge on any atom is -0.493 e. The van der Waals surface area contributed by atoms with Gasteiger partial charge in [0.15, 0.2) is 11.5 Å². The molecule has 0 aliphatic carbocycles. The van der Waals surface area contributed by atoms with Gasteiger partial charge in [-0.05, 0) is 30.3 Å². The summed E-state index contributed by atoms with van der Waals surface area (Å²) in [5.41, 5.74) is 2.07. The molecule has 0 fully saturated rings.